The van der Waals surface area contributed by atoms with Crippen LogP contribution < -0.4 is 5.32 Å². The summed E-state index contributed by atoms with van der Waals surface area (Å²) in [6, 6.07) is 2.06. The molecule has 0 aromatic heterocycles. The van der Waals surface area contributed by atoms with E-state index in [1.807, 2.05) is 0 Å². The summed E-state index contributed by atoms with van der Waals surface area (Å²) in [5.74, 6) is 0.781. The molecule has 0 aromatic carbocycles. The first kappa shape index (κ1) is 11.0. The van der Waals surface area contributed by atoms with Crippen LogP contribution >= 0.6 is 0 Å². The van der Waals surface area contributed by atoms with Crippen LogP contribution in [0.5, 0.6) is 0 Å². The maximum Gasteiger partial charge on any atom is 0.0122 e. The van der Waals surface area contributed by atoms with Gasteiger partial charge >= 0.3 is 0 Å². The van der Waals surface area contributed by atoms with Crippen LogP contribution in [0.15, 0.2) is 0 Å². The molecule has 0 aliphatic carbocycles. The van der Waals surface area contributed by atoms with Crippen molar-refractivity contribution in [3.63, 3.8) is 0 Å². The van der Waals surface area contributed by atoms with Crippen LogP contribution in [0, 0.1) is 5.92 Å². The summed E-state index contributed by atoms with van der Waals surface area (Å²) >= 11 is 0. The molecule has 1 aliphatic rings. The molecule has 0 spiro atoms. The summed E-state index contributed by atoms with van der Waals surface area (Å²) in [6.45, 7) is 10.4. The summed E-state index contributed by atoms with van der Waals surface area (Å²) in [5, 5.41) is 3.66. The molecular weight excluding hydrogens is 160 g/mol. The summed E-state index contributed by atoms with van der Waals surface area (Å²) in [5.41, 5.74) is 0. The van der Waals surface area contributed by atoms with Gasteiger partial charge in [-0.15, -0.1) is 0 Å². The van der Waals surface area contributed by atoms with E-state index in [0.29, 0.717) is 12.1 Å². The van der Waals surface area contributed by atoms with Gasteiger partial charge in [-0.1, -0.05) is 20.8 Å². The van der Waals surface area contributed by atoms with E-state index in [-0.39, 0.29) is 0 Å². The number of likely N-dealkylation sites (tertiary alicyclic amines) is 1. The van der Waals surface area contributed by atoms with Crippen molar-refractivity contribution in [3.05, 3.63) is 0 Å². The predicted octanol–water partition coefficient (Wildman–Crippen LogP) is 1.71. The van der Waals surface area contributed by atoms with E-state index in [0.717, 1.165) is 12.0 Å². The average Bonchev–Trinajstić information content (AvgIpc) is 1.99. The van der Waals surface area contributed by atoms with Crippen molar-refractivity contribution >= 4 is 0 Å². The summed E-state index contributed by atoms with van der Waals surface area (Å²) in [4.78, 5) is 2.46. The largest absolute Gasteiger partial charge is 0.311 e. The Morgan fingerprint density at radius 2 is 1.92 bits per heavy atom. The van der Waals surface area contributed by atoms with Gasteiger partial charge in [0.25, 0.3) is 0 Å². The van der Waals surface area contributed by atoms with Crippen molar-refractivity contribution in [3.8, 4) is 0 Å². The van der Waals surface area contributed by atoms with Crippen LogP contribution in [0.3, 0.4) is 0 Å². The van der Waals surface area contributed by atoms with Gasteiger partial charge < -0.3 is 10.2 Å². The van der Waals surface area contributed by atoms with Gasteiger partial charge in [0.1, 0.15) is 0 Å². The SMILES string of the molecule is CC(C)N[C@@H]1C[C@H](C)N(C)C[C@H]1C. The molecule has 3 atom stereocenters. The van der Waals surface area contributed by atoms with E-state index in [2.05, 4.69) is 45.0 Å². The molecule has 1 fully saturated rings. The summed E-state index contributed by atoms with van der Waals surface area (Å²) in [6.07, 6.45) is 1.29. The van der Waals surface area contributed by atoms with Crippen LogP contribution in [-0.2, 0) is 0 Å². The first-order valence-corrected chi connectivity index (χ1v) is 5.47. The molecule has 1 heterocycles. The van der Waals surface area contributed by atoms with Crippen molar-refractivity contribution < 1.29 is 0 Å². The smallest absolute Gasteiger partial charge is 0.0122 e. The zero-order valence-electron chi connectivity index (χ0n) is 9.67. The van der Waals surface area contributed by atoms with Gasteiger partial charge in [-0.25, -0.2) is 0 Å². The van der Waals surface area contributed by atoms with E-state index in [1.165, 1.54) is 13.0 Å². The molecule has 2 heteroatoms. The molecule has 0 aromatic rings. The molecule has 0 saturated carbocycles. The number of nitrogens with zero attached hydrogens (tertiary/aromatic N) is 1. The fraction of sp³-hybridized carbons (Fsp3) is 1.00. The molecular formula is C11H24N2. The minimum atomic E-state index is 0.614. The molecule has 2 nitrogen and oxygen atoms in total. The molecule has 1 aliphatic heterocycles. The van der Waals surface area contributed by atoms with E-state index < -0.39 is 0 Å². The maximum absolute atomic E-state index is 3.66. The Morgan fingerprint density at radius 3 is 2.46 bits per heavy atom. The Balaban J connectivity index is 2.46. The highest BCUT2D eigenvalue weighted by molar-refractivity contribution is 4.86. The normalized spacial score (nSPS) is 36.9. The van der Waals surface area contributed by atoms with Crippen LogP contribution in [0.4, 0.5) is 0 Å². The third-order valence-electron chi connectivity index (χ3n) is 3.16. The predicted molar refractivity (Wildman–Crippen MR) is 57.9 cm³/mol. The van der Waals surface area contributed by atoms with Gasteiger partial charge in [0.2, 0.25) is 0 Å². The highest BCUT2D eigenvalue weighted by Gasteiger charge is 2.28. The lowest BCUT2D eigenvalue weighted by Crippen LogP contribution is -2.52. The lowest BCUT2D eigenvalue weighted by atomic mass is 9.89. The second kappa shape index (κ2) is 4.43. The molecule has 1 rings (SSSR count). The van der Waals surface area contributed by atoms with E-state index >= 15 is 0 Å². The van der Waals surface area contributed by atoms with Crippen LogP contribution in [0.25, 0.3) is 0 Å². The number of rotatable bonds is 2. The van der Waals surface area contributed by atoms with E-state index in [9.17, 15) is 0 Å². The lowest BCUT2D eigenvalue weighted by Gasteiger charge is -2.40. The molecule has 78 valence electrons. The molecule has 0 radical (unpaired) electrons. The van der Waals surface area contributed by atoms with Crippen LogP contribution in [-0.4, -0.2) is 36.6 Å². The second-order valence-corrected chi connectivity index (χ2v) is 4.93. The third kappa shape index (κ3) is 2.96. The Labute approximate surface area is 82.7 Å². The van der Waals surface area contributed by atoms with Crippen LogP contribution in [0.2, 0.25) is 0 Å². The summed E-state index contributed by atoms with van der Waals surface area (Å²) < 4.78 is 0. The zero-order valence-corrected chi connectivity index (χ0v) is 9.67. The van der Waals surface area contributed by atoms with Crippen molar-refractivity contribution in [1.82, 2.24) is 10.2 Å². The lowest BCUT2D eigenvalue weighted by molar-refractivity contribution is 0.118. The highest BCUT2D eigenvalue weighted by atomic mass is 15.2. The second-order valence-electron chi connectivity index (χ2n) is 4.93. The van der Waals surface area contributed by atoms with Gasteiger partial charge in [0.15, 0.2) is 0 Å². The van der Waals surface area contributed by atoms with Crippen LogP contribution in [0.1, 0.15) is 34.1 Å². The fourth-order valence-electron chi connectivity index (χ4n) is 2.20. The molecule has 1 saturated heterocycles. The Kier molecular flexibility index (Phi) is 3.74. The zero-order chi connectivity index (χ0) is 10.0. The molecule has 0 bridgehead atoms. The maximum atomic E-state index is 3.66. The number of nitrogens with one attached hydrogen (secondary N) is 1. The Morgan fingerprint density at radius 1 is 1.31 bits per heavy atom. The highest BCUT2D eigenvalue weighted by Crippen LogP contribution is 2.20. The molecule has 0 unspecified atom stereocenters. The molecule has 1 N–H and O–H groups in total. The minimum absolute atomic E-state index is 0.614. The van der Waals surface area contributed by atoms with Crippen molar-refractivity contribution in [1.29, 1.82) is 0 Å². The fourth-order valence-corrected chi connectivity index (χ4v) is 2.20. The third-order valence-corrected chi connectivity index (χ3v) is 3.16. The number of hydrogen-bond acceptors (Lipinski definition) is 2. The molecule has 13 heavy (non-hydrogen) atoms. The van der Waals surface area contributed by atoms with Crippen molar-refractivity contribution in [2.75, 3.05) is 13.6 Å². The van der Waals surface area contributed by atoms with Gasteiger partial charge in [-0.3, -0.25) is 0 Å². The average molecular weight is 184 g/mol. The van der Waals surface area contributed by atoms with E-state index in [4.69, 9.17) is 0 Å². The molecule has 0 amide bonds. The van der Waals surface area contributed by atoms with Gasteiger partial charge in [-0.2, -0.15) is 0 Å². The quantitative estimate of drug-likeness (QED) is 0.703. The first-order valence-electron chi connectivity index (χ1n) is 5.47. The minimum Gasteiger partial charge on any atom is -0.311 e. The van der Waals surface area contributed by atoms with Gasteiger partial charge in [-0.05, 0) is 26.3 Å². The number of hydrogen-bond donors (Lipinski definition) is 1. The van der Waals surface area contributed by atoms with Crippen molar-refractivity contribution in [2.24, 2.45) is 5.92 Å². The van der Waals surface area contributed by atoms with Crippen molar-refractivity contribution in [2.45, 2.75) is 52.2 Å². The standard InChI is InChI=1S/C11H24N2/c1-8(2)12-11-6-10(4)13(5)7-9(11)3/h8-12H,6-7H2,1-5H3/t9-,10+,11-/m1/s1. The Hall–Kier alpha value is -0.0800. The van der Waals surface area contributed by atoms with E-state index in [1.54, 1.807) is 0 Å². The monoisotopic (exact) mass is 184 g/mol. The first-order chi connectivity index (χ1) is 6.00. The topological polar surface area (TPSA) is 15.3 Å². The van der Waals surface area contributed by atoms with Gasteiger partial charge in [0, 0.05) is 24.7 Å². The number of piperidine rings is 1. The van der Waals surface area contributed by atoms with Gasteiger partial charge in [0.05, 0.1) is 0 Å². The summed E-state index contributed by atoms with van der Waals surface area (Å²) in [7, 11) is 2.23. The Bertz CT molecular complexity index is 156.